The number of hydrogen-bond acceptors (Lipinski definition) is 2. The van der Waals surface area contributed by atoms with Crippen molar-refractivity contribution in [2.45, 2.75) is 52.1 Å². The lowest BCUT2D eigenvalue weighted by Crippen LogP contribution is -2.23. The summed E-state index contributed by atoms with van der Waals surface area (Å²) in [5, 5.41) is 0. The van der Waals surface area contributed by atoms with Crippen molar-refractivity contribution in [3.8, 4) is 0 Å². The van der Waals surface area contributed by atoms with Gasteiger partial charge in [0.2, 0.25) is 0 Å². The molecule has 0 heterocycles. The van der Waals surface area contributed by atoms with Crippen molar-refractivity contribution >= 4 is 5.78 Å². The monoisotopic (exact) mass is 248 g/mol. The molecular formula is C16H24O2. The minimum absolute atomic E-state index is 0.195. The molecule has 2 nitrogen and oxygen atoms in total. The fourth-order valence-corrected chi connectivity index (χ4v) is 1.82. The predicted octanol–water partition coefficient (Wildman–Crippen LogP) is 3.70. The van der Waals surface area contributed by atoms with Gasteiger partial charge in [-0.25, -0.2) is 0 Å². The Morgan fingerprint density at radius 1 is 1.28 bits per heavy atom. The molecule has 0 aromatic heterocycles. The van der Waals surface area contributed by atoms with E-state index in [-0.39, 0.29) is 5.60 Å². The number of aryl methyl sites for hydroxylation is 2. The molecule has 18 heavy (non-hydrogen) atoms. The Kier molecular flexibility index (Phi) is 5.54. The second-order valence-corrected chi connectivity index (χ2v) is 5.49. The van der Waals surface area contributed by atoms with Crippen LogP contribution in [0, 0.1) is 6.92 Å². The van der Waals surface area contributed by atoms with E-state index in [4.69, 9.17) is 4.74 Å². The van der Waals surface area contributed by atoms with Gasteiger partial charge in [0.15, 0.2) is 0 Å². The molecule has 0 amide bonds. The minimum atomic E-state index is -0.195. The van der Waals surface area contributed by atoms with Gasteiger partial charge in [0.25, 0.3) is 0 Å². The number of carbonyl (C=O) groups excluding carboxylic acids is 1. The van der Waals surface area contributed by atoms with Gasteiger partial charge in [-0.15, -0.1) is 0 Å². The van der Waals surface area contributed by atoms with E-state index < -0.39 is 0 Å². The SMILES string of the molecule is COC(C)(C)CCC(=O)CCc1cccc(C)c1. The summed E-state index contributed by atoms with van der Waals surface area (Å²) in [6, 6.07) is 8.35. The second kappa shape index (κ2) is 6.69. The Morgan fingerprint density at radius 3 is 2.61 bits per heavy atom. The molecule has 1 rings (SSSR count). The van der Waals surface area contributed by atoms with Gasteiger partial charge in [-0.2, -0.15) is 0 Å². The van der Waals surface area contributed by atoms with Crippen LogP contribution in [0.2, 0.25) is 0 Å². The number of ether oxygens (including phenoxy) is 1. The van der Waals surface area contributed by atoms with E-state index in [1.165, 1.54) is 11.1 Å². The van der Waals surface area contributed by atoms with E-state index >= 15 is 0 Å². The van der Waals surface area contributed by atoms with Crippen LogP contribution in [0.15, 0.2) is 24.3 Å². The first kappa shape index (κ1) is 14.9. The summed E-state index contributed by atoms with van der Waals surface area (Å²) < 4.78 is 5.31. The highest BCUT2D eigenvalue weighted by atomic mass is 16.5. The van der Waals surface area contributed by atoms with E-state index in [1.54, 1.807) is 7.11 Å². The van der Waals surface area contributed by atoms with E-state index in [0.29, 0.717) is 18.6 Å². The zero-order chi connectivity index (χ0) is 13.6. The van der Waals surface area contributed by atoms with Crippen molar-refractivity contribution in [3.05, 3.63) is 35.4 Å². The van der Waals surface area contributed by atoms with E-state index in [0.717, 1.165) is 12.8 Å². The summed E-state index contributed by atoms with van der Waals surface area (Å²) in [6.07, 6.45) is 2.86. The van der Waals surface area contributed by atoms with Crippen LogP contribution in [-0.2, 0) is 16.0 Å². The van der Waals surface area contributed by atoms with Crippen LogP contribution in [0.4, 0.5) is 0 Å². The molecular weight excluding hydrogens is 224 g/mol. The quantitative estimate of drug-likeness (QED) is 0.735. The standard InChI is InChI=1S/C16H24O2/c1-13-6-5-7-14(12-13)8-9-15(17)10-11-16(2,3)18-4/h5-7,12H,8-11H2,1-4H3. The van der Waals surface area contributed by atoms with Gasteiger partial charge in [-0.05, 0) is 39.2 Å². The third kappa shape index (κ3) is 5.46. The smallest absolute Gasteiger partial charge is 0.133 e. The molecule has 0 aliphatic rings. The molecule has 0 atom stereocenters. The van der Waals surface area contributed by atoms with Gasteiger partial charge < -0.3 is 4.74 Å². The lowest BCUT2D eigenvalue weighted by molar-refractivity contribution is -0.120. The van der Waals surface area contributed by atoms with Crippen LogP contribution in [0.25, 0.3) is 0 Å². The maximum atomic E-state index is 11.8. The van der Waals surface area contributed by atoms with Crippen LogP contribution in [0.1, 0.15) is 44.2 Å². The highest BCUT2D eigenvalue weighted by Gasteiger charge is 2.17. The topological polar surface area (TPSA) is 26.3 Å². The van der Waals surface area contributed by atoms with Crippen LogP contribution < -0.4 is 0 Å². The highest BCUT2D eigenvalue weighted by molar-refractivity contribution is 5.78. The molecule has 100 valence electrons. The predicted molar refractivity (Wildman–Crippen MR) is 74.8 cm³/mol. The van der Waals surface area contributed by atoms with Gasteiger partial charge in [-0.3, -0.25) is 4.79 Å². The number of hydrogen-bond donors (Lipinski definition) is 0. The number of methoxy groups -OCH3 is 1. The molecule has 0 saturated heterocycles. The van der Waals surface area contributed by atoms with E-state index in [2.05, 4.69) is 25.1 Å². The van der Waals surface area contributed by atoms with E-state index in [9.17, 15) is 4.79 Å². The third-order valence-electron chi connectivity index (χ3n) is 3.33. The first-order valence-electron chi connectivity index (χ1n) is 6.55. The molecule has 0 aliphatic heterocycles. The Hall–Kier alpha value is -1.15. The van der Waals surface area contributed by atoms with Crippen LogP contribution in [-0.4, -0.2) is 18.5 Å². The zero-order valence-corrected chi connectivity index (χ0v) is 12.0. The van der Waals surface area contributed by atoms with Crippen molar-refractivity contribution in [1.29, 1.82) is 0 Å². The normalized spacial score (nSPS) is 11.6. The largest absolute Gasteiger partial charge is 0.379 e. The summed E-state index contributed by atoms with van der Waals surface area (Å²) in [5.74, 6) is 0.321. The average molecular weight is 248 g/mol. The molecule has 0 aliphatic carbocycles. The fraction of sp³-hybridized carbons (Fsp3) is 0.562. The Labute approximate surface area is 110 Å². The summed E-state index contributed by atoms with van der Waals surface area (Å²) in [7, 11) is 1.69. The van der Waals surface area contributed by atoms with Crippen molar-refractivity contribution in [2.75, 3.05) is 7.11 Å². The average Bonchev–Trinajstić information content (AvgIpc) is 2.34. The molecule has 1 aromatic carbocycles. The summed E-state index contributed by atoms with van der Waals surface area (Å²) >= 11 is 0. The van der Waals surface area contributed by atoms with Gasteiger partial charge in [-0.1, -0.05) is 29.8 Å². The molecule has 0 radical (unpaired) electrons. The van der Waals surface area contributed by atoms with Gasteiger partial charge >= 0.3 is 0 Å². The molecule has 0 bridgehead atoms. The first-order chi connectivity index (χ1) is 8.43. The first-order valence-corrected chi connectivity index (χ1v) is 6.55. The Balaban J connectivity index is 2.34. The molecule has 0 unspecified atom stereocenters. The molecule has 0 spiro atoms. The fourth-order valence-electron chi connectivity index (χ4n) is 1.82. The van der Waals surface area contributed by atoms with E-state index in [1.807, 2.05) is 19.9 Å². The molecule has 0 N–H and O–H groups in total. The van der Waals surface area contributed by atoms with Crippen molar-refractivity contribution in [2.24, 2.45) is 0 Å². The van der Waals surface area contributed by atoms with Crippen LogP contribution in [0.3, 0.4) is 0 Å². The summed E-state index contributed by atoms with van der Waals surface area (Å²) in [4.78, 5) is 11.8. The summed E-state index contributed by atoms with van der Waals surface area (Å²) in [6.45, 7) is 6.11. The van der Waals surface area contributed by atoms with Gasteiger partial charge in [0, 0.05) is 20.0 Å². The van der Waals surface area contributed by atoms with Crippen LogP contribution >= 0.6 is 0 Å². The molecule has 1 aromatic rings. The lowest BCUT2D eigenvalue weighted by Gasteiger charge is -2.22. The Morgan fingerprint density at radius 2 is 2.00 bits per heavy atom. The second-order valence-electron chi connectivity index (χ2n) is 5.49. The molecule has 0 fully saturated rings. The number of Topliss-reactive ketones (excluding diaryl/α,β-unsaturated/α-hetero) is 1. The number of carbonyl (C=O) groups is 1. The van der Waals surface area contributed by atoms with Gasteiger partial charge in [0.05, 0.1) is 5.60 Å². The van der Waals surface area contributed by atoms with Crippen molar-refractivity contribution in [1.82, 2.24) is 0 Å². The zero-order valence-electron chi connectivity index (χ0n) is 12.0. The maximum Gasteiger partial charge on any atom is 0.133 e. The third-order valence-corrected chi connectivity index (χ3v) is 3.33. The molecule has 0 saturated carbocycles. The van der Waals surface area contributed by atoms with Gasteiger partial charge in [0.1, 0.15) is 5.78 Å². The van der Waals surface area contributed by atoms with Crippen LogP contribution in [0.5, 0.6) is 0 Å². The number of rotatable bonds is 7. The maximum absolute atomic E-state index is 11.8. The minimum Gasteiger partial charge on any atom is -0.379 e. The lowest BCUT2D eigenvalue weighted by atomic mass is 9.97. The summed E-state index contributed by atoms with van der Waals surface area (Å²) in [5.41, 5.74) is 2.30. The Bertz CT molecular complexity index is 394. The molecule has 2 heteroatoms. The van der Waals surface area contributed by atoms with Crippen molar-refractivity contribution < 1.29 is 9.53 Å². The van der Waals surface area contributed by atoms with Crippen molar-refractivity contribution in [3.63, 3.8) is 0 Å². The number of ketones is 1. The highest BCUT2D eigenvalue weighted by Crippen LogP contribution is 2.16. The number of benzene rings is 1.